The Balaban J connectivity index is 1.72. The van der Waals surface area contributed by atoms with Crippen molar-refractivity contribution >= 4 is 23.2 Å². The van der Waals surface area contributed by atoms with Crippen LogP contribution in [0.1, 0.15) is 25.1 Å². The average Bonchev–Trinajstić information content (AvgIpc) is 3.16. The Hall–Kier alpha value is -2.59. The van der Waals surface area contributed by atoms with Gasteiger partial charge in [0, 0.05) is 0 Å². The van der Waals surface area contributed by atoms with Crippen molar-refractivity contribution in [2.45, 2.75) is 26.4 Å². The van der Waals surface area contributed by atoms with Gasteiger partial charge in [0.15, 0.2) is 0 Å². The molecule has 0 unspecified atom stereocenters. The summed E-state index contributed by atoms with van der Waals surface area (Å²) in [5.74, 6) is 1.83. The minimum atomic E-state index is 0.117. The maximum atomic E-state index is 5.73. The van der Waals surface area contributed by atoms with E-state index in [1.165, 1.54) is 0 Å². The number of aromatic nitrogens is 5. The summed E-state index contributed by atoms with van der Waals surface area (Å²) in [6.07, 6.45) is 0.960. The molecule has 9 nitrogen and oxygen atoms in total. The Morgan fingerprint density at radius 2 is 1.92 bits per heavy atom. The largest absolute Gasteiger partial charge is 0.419 e. The summed E-state index contributed by atoms with van der Waals surface area (Å²) in [6.45, 7) is 3.88. The molecule has 0 aliphatic carbocycles. The molecule has 0 aliphatic rings. The summed E-state index contributed by atoms with van der Waals surface area (Å²) in [6, 6.07) is 3.89. The van der Waals surface area contributed by atoms with Gasteiger partial charge in [-0.2, -0.15) is 15.0 Å². The lowest BCUT2D eigenvalue weighted by molar-refractivity contribution is 0.226. The second-order valence-corrected chi connectivity index (χ2v) is 6.10. The van der Waals surface area contributed by atoms with E-state index in [1.807, 2.05) is 17.5 Å². The molecular formula is C14H18N8OS. The molecule has 0 spiro atoms. The fourth-order valence-electron chi connectivity index (χ4n) is 2.27. The average molecular weight is 346 g/mol. The van der Waals surface area contributed by atoms with Gasteiger partial charge in [0.05, 0.1) is 18.0 Å². The van der Waals surface area contributed by atoms with Crippen molar-refractivity contribution < 1.29 is 4.42 Å². The van der Waals surface area contributed by atoms with Crippen molar-refractivity contribution in [3.8, 4) is 10.8 Å². The van der Waals surface area contributed by atoms with Crippen LogP contribution in [0.4, 0.5) is 11.9 Å². The maximum Gasteiger partial charge on any atom is 0.257 e. The minimum Gasteiger partial charge on any atom is -0.419 e. The summed E-state index contributed by atoms with van der Waals surface area (Å²) in [4.78, 5) is 15.1. The van der Waals surface area contributed by atoms with Crippen LogP contribution in [0.25, 0.3) is 10.8 Å². The highest BCUT2D eigenvalue weighted by molar-refractivity contribution is 7.13. The van der Waals surface area contributed by atoms with Gasteiger partial charge < -0.3 is 15.9 Å². The normalized spacial score (nSPS) is 11.2. The van der Waals surface area contributed by atoms with Crippen LogP contribution in [-0.2, 0) is 13.1 Å². The molecule has 0 amide bonds. The van der Waals surface area contributed by atoms with Crippen LogP contribution < -0.4 is 11.5 Å². The number of hydrogen-bond acceptors (Lipinski definition) is 10. The summed E-state index contributed by atoms with van der Waals surface area (Å²) in [7, 11) is 0. The van der Waals surface area contributed by atoms with Crippen molar-refractivity contribution in [1.29, 1.82) is 0 Å². The van der Waals surface area contributed by atoms with E-state index in [9.17, 15) is 0 Å². The van der Waals surface area contributed by atoms with Gasteiger partial charge in [0.2, 0.25) is 17.8 Å². The molecule has 0 fully saturated rings. The predicted octanol–water partition coefficient (Wildman–Crippen LogP) is 1.56. The van der Waals surface area contributed by atoms with E-state index < -0.39 is 0 Å². The Kier molecular flexibility index (Phi) is 4.96. The molecule has 3 rings (SSSR count). The fraction of sp³-hybridized carbons (Fsp3) is 0.357. The first-order valence-electron chi connectivity index (χ1n) is 7.48. The molecule has 4 N–H and O–H groups in total. The van der Waals surface area contributed by atoms with Crippen LogP contribution in [0.15, 0.2) is 21.9 Å². The lowest BCUT2D eigenvalue weighted by Crippen LogP contribution is -2.25. The predicted molar refractivity (Wildman–Crippen MR) is 90.7 cm³/mol. The van der Waals surface area contributed by atoms with E-state index in [2.05, 4.69) is 37.0 Å². The van der Waals surface area contributed by atoms with Crippen LogP contribution in [0.2, 0.25) is 0 Å². The number of nitrogen functional groups attached to an aromatic ring is 2. The quantitative estimate of drug-likeness (QED) is 0.653. The molecule has 10 heteroatoms. The molecule has 3 aromatic heterocycles. The SMILES string of the molecule is CCCN(Cc1nc(N)nc(N)n1)Cc1nnc(-c2cccs2)o1. The standard InChI is InChI=1S/C14H18N8OS/c1-2-5-22(7-10-17-13(15)19-14(16)18-10)8-11-20-21-12(23-11)9-4-3-6-24-9/h3-4,6H,2,5,7-8H2,1H3,(H4,15,16,17,18,19). The zero-order valence-electron chi connectivity index (χ0n) is 13.2. The number of hydrogen-bond donors (Lipinski definition) is 2. The lowest BCUT2D eigenvalue weighted by atomic mass is 10.3. The van der Waals surface area contributed by atoms with Gasteiger partial charge in [0.1, 0.15) is 5.82 Å². The van der Waals surface area contributed by atoms with Gasteiger partial charge in [-0.3, -0.25) is 4.90 Å². The Labute approximate surface area is 142 Å². The number of rotatable bonds is 7. The smallest absolute Gasteiger partial charge is 0.257 e. The van der Waals surface area contributed by atoms with Gasteiger partial charge >= 0.3 is 0 Å². The maximum absolute atomic E-state index is 5.73. The Morgan fingerprint density at radius 3 is 2.58 bits per heavy atom. The third-order valence-electron chi connectivity index (χ3n) is 3.18. The summed E-state index contributed by atoms with van der Waals surface area (Å²) in [5.41, 5.74) is 11.2. The molecule has 126 valence electrons. The minimum absolute atomic E-state index is 0.117. The van der Waals surface area contributed by atoms with Crippen LogP contribution >= 0.6 is 11.3 Å². The van der Waals surface area contributed by atoms with E-state index >= 15 is 0 Å². The molecule has 0 radical (unpaired) electrons. The molecule has 0 aliphatic heterocycles. The Morgan fingerprint density at radius 1 is 1.12 bits per heavy atom. The second-order valence-electron chi connectivity index (χ2n) is 5.16. The van der Waals surface area contributed by atoms with Gasteiger partial charge in [-0.25, -0.2) is 0 Å². The van der Waals surface area contributed by atoms with E-state index in [-0.39, 0.29) is 11.9 Å². The van der Waals surface area contributed by atoms with E-state index in [0.29, 0.717) is 30.7 Å². The molecule has 0 bridgehead atoms. The van der Waals surface area contributed by atoms with Crippen molar-refractivity contribution in [2.24, 2.45) is 0 Å². The first-order chi connectivity index (χ1) is 11.6. The zero-order valence-corrected chi connectivity index (χ0v) is 14.0. The zero-order chi connectivity index (χ0) is 16.9. The molecule has 0 atom stereocenters. The van der Waals surface area contributed by atoms with Crippen LogP contribution in [0, 0.1) is 0 Å². The van der Waals surface area contributed by atoms with Crippen molar-refractivity contribution in [3.05, 3.63) is 29.2 Å². The van der Waals surface area contributed by atoms with Gasteiger partial charge in [-0.1, -0.05) is 13.0 Å². The van der Waals surface area contributed by atoms with Crippen molar-refractivity contribution in [3.63, 3.8) is 0 Å². The fourth-order valence-corrected chi connectivity index (χ4v) is 2.91. The van der Waals surface area contributed by atoms with Gasteiger partial charge in [-0.15, -0.1) is 21.5 Å². The molecule has 3 heterocycles. The van der Waals surface area contributed by atoms with Crippen LogP contribution in [0.5, 0.6) is 0 Å². The van der Waals surface area contributed by atoms with Crippen LogP contribution in [0.3, 0.4) is 0 Å². The number of thiophene rings is 1. The molecule has 24 heavy (non-hydrogen) atoms. The third kappa shape index (κ3) is 4.03. The Bertz CT molecular complexity index is 768. The first-order valence-corrected chi connectivity index (χ1v) is 8.36. The number of nitrogens with two attached hydrogens (primary N) is 2. The first kappa shape index (κ1) is 16.3. The number of nitrogens with zero attached hydrogens (tertiary/aromatic N) is 6. The molecule has 3 aromatic rings. The van der Waals surface area contributed by atoms with Crippen molar-refractivity contribution in [1.82, 2.24) is 30.0 Å². The monoisotopic (exact) mass is 346 g/mol. The highest BCUT2D eigenvalue weighted by atomic mass is 32.1. The summed E-state index contributed by atoms with van der Waals surface area (Å²) < 4.78 is 5.73. The van der Waals surface area contributed by atoms with Crippen LogP contribution in [-0.4, -0.2) is 36.6 Å². The molecule has 0 aromatic carbocycles. The topological polar surface area (TPSA) is 133 Å². The van der Waals surface area contributed by atoms with Gasteiger partial charge in [-0.05, 0) is 24.4 Å². The lowest BCUT2D eigenvalue weighted by Gasteiger charge is -2.18. The molecular weight excluding hydrogens is 328 g/mol. The number of anilines is 2. The van der Waals surface area contributed by atoms with Crippen molar-refractivity contribution in [2.75, 3.05) is 18.0 Å². The highest BCUT2D eigenvalue weighted by Crippen LogP contribution is 2.23. The molecule has 0 saturated heterocycles. The van der Waals surface area contributed by atoms with E-state index in [4.69, 9.17) is 15.9 Å². The van der Waals surface area contributed by atoms with E-state index in [0.717, 1.165) is 17.8 Å². The highest BCUT2D eigenvalue weighted by Gasteiger charge is 2.15. The van der Waals surface area contributed by atoms with E-state index in [1.54, 1.807) is 11.3 Å². The molecule has 0 saturated carbocycles. The summed E-state index contributed by atoms with van der Waals surface area (Å²) >= 11 is 1.56. The third-order valence-corrected chi connectivity index (χ3v) is 4.04. The summed E-state index contributed by atoms with van der Waals surface area (Å²) in [5, 5.41) is 10.2. The second kappa shape index (κ2) is 7.32. The van der Waals surface area contributed by atoms with Gasteiger partial charge in [0.25, 0.3) is 5.89 Å².